The molecule has 0 N–H and O–H groups in total. The normalized spacial score (nSPS) is 21.2. The second-order valence-corrected chi connectivity index (χ2v) is 11.0. The van der Waals surface area contributed by atoms with Gasteiger partial charge < -0.3 is 0 Å². The second-order valence-electron chi connectivity index (χ2n) is 6.31. The summed E-state index contributed by atoms with van der Waals surface area (Å²) in [4.78, 5) is 0. The van der Waals surface area contributed by atoms with Crippen molar-refractivity contribution in [2.24, 2.45) is 0 Å². The van der Waals surface area contributed by atoms with Gasteiger partial charge in [0.25, 0.3) is 0 Å². The monoisotopic (exact) mass is 413 g/mol. The molecule has 1 fully saturated rings. The average molecular weight is 414 g/mol. The highest BCUT2D eigenvalue weighted by Gasteiger charge is 2.35. The van der Waals surface area contributed by atoms with Crippen molar-refractivity contribution in [1.82, 2.24) is 4.31 Å². The van der Waals surface area contributed by atoms with Gasteiger partial charge in [-0.15, -0.1) is 0 Å². The van der Waals surface area contributed by atoms with Crippen LogP contribution in [0.1, 0.15) is 22.8 Å². The van der Waals surface area contributed by atoms with E-state index in [4.69, 9.17) is 11.6 Å². The molecule has 0 spiro atoms. The van der Waals surface area contributed by atoms with Gasteiger partial charge in [-0.1, -0.05) is 60.1 Å². The standard InChI is InChI=1S/C18H20ClNO4S2/c19-17-9-5-4-8-16(17)18-10-11-20(12-13-25(18,21)22)26(23,24)14-15-6-2-1-3-7-15/h1-9,18H,10-14H2. The fourth-order valence-corrected chi connectivity index (χ4v) is 6.98. The number of nitrogens with zero attached hydrogens (tertiary/aromatic N) is 1. The molecule has 1 aliphatic rings. The third-order valence-electron chi connectivity index (χ3n) is 4.54. The van der Waals surface area contributed by atoms with Gasteiger partial charge in [0.1, 0.15) is 0 Å². The zero-order valence-corrected chi connectivity index (χ0v) is 16.5. The summed E-state index contributed by atoms with van der Waals surface area (Å²) >= 11 is 6.18. The van der Waals surface area contributed by atoms with Gasteiger partial charge in [-0.25, -0.2) is 21.1 Å². The summed E-state index contributed by atoms with van der Waals surface area (Å²) in [7, 11) is -7.08. The van der Waals surface area contributed by atoms with Crippen LogP contribution in [0.25, 0.3) is 0 Å². The molecule has 0 saturated carbocycles. The summed E-state index contributed by atoms with van der Waals surface area (Å²) in [6, 6.07) is 15.7. The summed E-state index contributed by atoms with van der Waals surface area (Å²) in [5, 5.41) is -0.394. The zero-order chi connectivity index (χ0) is 18.8. The van der Waals surface area contributed by atoms with E-state index >= 15 is 0 Å². The van der Waals surface area contributed by atoms with Crippen LogP contribution in [0.2, 0.25) is 5.02 Å². The Labute approximate surface area is 159 Å². The average Bonchev–Trinajstić information content (AvgIpc) is 2.74. The molecule has 140 valence electrons. The van der Waals surface area contributed by atoms with Crippen molar-refractivity contribution < 1.29 is 16.8 Å². The van der Waals surface area contributed by atoms with E-state index < -0.39 is 25.1 Å². The number of rotatable bonds is 4. The largest absolute Gasteiger partial charge is 0.228 e. The number of sulfone groups is 1. The Hall–Kier alpha value is -1.41. The van der Waals surface area contributed by atoms with Gasteiger partial charge in [-0.3, -0.25) is 0 Å². The molecule has 26 heavy (non-hydrogen) atoms. The maximum atomic E-state index is 12.7. The topological polar surface area (TPSA) is 71.5 Å². The molecular formula is C18H20ClNO4S2. The van der Waals surface area contributed by atoms with E-state index in [0.717, 1.165) is 0 Å². The van der Waals surface area contributed by atoms with Crippen LogP contribution in [0.15, 0.2) is 54.6 Å². The highest BCUT2D eigenvalue weighted by Crippen LogP contribution is 2.34. The first kappa shape index (κ1) is 19.4. The number of halogens is 1. The molecule has 1 saturated heterocycles. The first-order valence-electron chi connectivity index (χ1n) is 8.27. The molecule has 0 amide bonds. The molecule has 2 aromatic carbocycles. The van der Waals surface area contributed by atoms with Crippen LogP contribution >= 0.6 is 11.6 Å². The van der Waals surface area contributed by atoms with Gasteiger partial charge >= 0.3 is 0 Å². The molecule has 1 unspecified atom stereocenters. The molecule has 0 aliphatic carbocycles. The highest BCUT2D eigenvalue weighted by molar-refractivity contribution is 7.92. The van der Waals surface area contributed by atoms with Crippen LogP contribution in [-0.2, 0) is 25.6 Å². The van der Waals surface area contributed by atoms with Crippen molar-refractivity contribution in [1.29, 1.82) is 0 Å². The van der Waals surface area contributed by atoms with Crippen molar-refractivity contribution in [2.75, 3.05) is 18.8 Å². The number of benzene rings is 2. The van der Waals surface area contributed by atoms with Gasteiger partial charge in [0.15, 0.2) is 9.84 Å². The van der Waals surface area contributed by atoms with Crippen LogP contribution in [0.4, 0.5) is 0 Å². The van der Waals surface area contributed by atoms with Gasteiger partial charge in [-0.05, 0) is 23.6 Å². The van der Waals surface area contributed by atoms with Gasteiger partial charge in [-0.2, -0.15) is 0 Å². The molecule has 0 bridgehead atoms. The van der Waals surface area contributed by atoms with Crippen LogP contribution < -0.4 is 0 Å². The molecule has 0 aromatic heterocycles. The van der Waals surface area contributed by atoms with Crippen molar-refractivity contribution in [3.8, 4) is 0 Å². The number of hydrogen-bond donors (Lipinski definition) is 0. The minimum Gasteiger partial charge on any atom is -0.228 e. The smallest absolute Gasteiger partial charge is 0.218 e. The first-order valence-corrected chi connectivity index (χ1v) is 12.0. The van der Waals surface area contributed by atoms with Gasteiger partial charge in [0.05, 0.1) is 16.8 Å². The van der Waals surface area contributed by atoms with E-state index in [1.54, 1.807) is 48.5 Å². The summed E-state index contributed by atoms with van der Waals surface area (Å²) < 4.78 is 52.2. The minimum absolute atomic E-state index is 0.0293. The first-order chi connectivity index (χ1) is 12.3. The minimum atomic E-state index is -3.59. The number of hydrogen-bond acceptors (Lipinski definition) is 4. The van der Waals surface area contributed by atoms with E-state index in [-0.39, 0.29) is 31.0 Å². The number of sulfonamides is 1. The van der Waals surface area contributed by atoms with E-state index in [2.05, 4.69) is 0 Å². The fraction of sp³-hybridized carbons (Fsp3) is 0.333. The molecule has 5 nitrogen and oxygen atoms in total. The Morgan fingerprint density at radius 3 is 2.35 bits per heavy atom. The molecule has 1 heterocycles. The maximum absolute atomic E-state index is 12.7. The van der Waals surface area contributed by atoms with Crippen LogP contribution in [0.5, 0.6) is 0 Å². The molecule has 3 rings (SSSR count). The quantitative estimate of drug-likeness (QED) is 0.772. The van der Waals surface area contributed by atoms with Crippen LogP contribution in [-0.4, -0.2) is 40.0 Å². The zero-order valence-electron chi connectivity index (χ0n) is 14.1. The van der Waals surface area contributed by atoms with Crippen molar-refractivity contribution in [2.45, 2.75) is 17.4 Å². The predicted octanol–water partition coefficient (Wildman–Crippen LogP) is 3.03. The Bertz CT molecular complexity index is 975. The maximum Gasteiger partial charge on any atom is 0.218 e. The lowest BCUT2D eigenvalue weighted by Crippen LogP contribution is -2.34. The Morgan fingerprint density at radius 2 is 1.65 bits per heavy atom. The SMILES string of the molecule is O=S1(=O)CCN(S(=O)(=O)Cc2ccccc2)CCC1c1ccccc1Cl. The third kappa shape index (κ3) is 4.28. The van der Waals surface area contributed by atoms with Crippen LogP contribution in [0, 0.1) is 0 Å². The van der Waals surface area contributed by atoms with Crippen LogP contribution in [0.3, 0.4) is 0 Å². The summed E-state index contributed by atoms with van der Waals surface area (Å²) in [6.45, 7) is 0.128. The molecule has 8 heteroatoms. The predicted molar refractivity (Wildman–Crippen MR) is 103 cm³/mol. The second kappa shape index (κ2) is 7.68. The summed E-state index contributed by atoms with van der Waals surface area (Å²) in [5.74, 6) is -0.346. The molecule has 1 aliphatic heterocycles. The Balaban J connectivity index is 1.83. The van der Waals surface area contributed by atoms with Gasteiger partial charge in [0, 0.05) is 18.1 Å². The van der Waals surface area contributed by atoms with E-state index in [9.17, 15) is 16.8 Å². The lowest BCUT2D eigenvalue weighted by molar-refractivity contribution is 0.427. The highest BCUT2D eigenvalue weighted by atomic mass is 35.5. The van der Waals surface area contributed by atoms with Crippen molar-refractivity contribution >= 4 is 31.5 Å². The van der Waals surface area contributed by atoms with E-state index in [1.165, 1.54) is 4.31 Å². The lowest BCUT2D eigenvalue weighted by atomic mass is 10.1. The van der Waals surface area contributed by atoms with E-state index in [1.807, 2.05) is 6.07 Å². The summed E-state index contributed by atoms with van der Waals surface area (Å²) in [6.07, 6.45) is 0.195. The Kier molecular flexibility index (Phi) is 5.72. The fourth-order valence-electron chi connectivity index (χ4n) is 3.16. The molecular weight excluding hydrogens is 394 g/mol. The lowest BCUT2D eigenvalue weighted by Gasteiger charge is -2.20. The molecule has 1 atom stereocenters. The molecule has 0 radical (unpaired) electrons. The molecule has 2 aromatic rings. The summed E-state index contributed by atoms with van der Waals surface area (Å²) in [5.41, 5.74) is 1.22. The van der Waals surface area contributed by atoms with Crippen molar-refractivity contribution in [3.05, 3.63) is 70.7 Å². The van der Waals surface area contributed by atoms with E-state index in [0.29, 0.717) is 16.1 Å². The van der Waals surface area contributed by atoms with Crippen molar-refractivity contribution in [3.63, 3.8) is 0 Å². The third-order valence-corrected chi connectivity index (χ3v) is 8.84. The van der Waals surface area contributed by atoms with Gasteiger partial charge in [0.2, 0.25) is 10.0 Å². The Morgan fingerprint density at radius 1 is 1.00 bits per heavy atom.